The van der Waals surface area contributed by atoms with E-state index in [4.69, 9.17) is 4.74 Å². The van der Waals surface area contributed by atoms with Gasteiger partial charge < -0.3 is 14.7 Å². The molecule has 178 valence electrons. The Morgan fingerprint density at radius 2 is 2.03 bits per heavy atom. The Kier molecular flexibility index (Phi) is 5.39. The van der Waals surface area contributed by atoms with Gasteiger partial charge in [0.05, 0.1) is 24.2 Å². The van der Waals surface area contributed by atoms with E-state index in [0.717, 1.165) is 11.1 Å². The number of aryl methyl sites for hydroxylation is 2. The van der Waals surface area contributed by atoms with Crippen LogP contribution >= 0.6 is 0 Å². The topological polar surface area (TPSA) is 113 Å². The van der Waals surface area contributed by atoms with Crippen molar-refractivity contribution in [3.63, 3.8) is 0 Å². The number of aromatic nitrogens is 2. The van der Waals surface area contributed by atoms with Gasteiger partial charge in [-0.3, -0.25) is 9.89 Å². The molecule has 8 nitrogen and oxygen atoms in total. The maximum atomic E-state index is 13.6. The van der Waals surface area contributed by atoms with Gasteiger partial charge in [0, 0.05) is 17.2 Å². The van der Waals surface area contributed by atoms with Crippen LogP contribution in [0, 0.1) is 13.8 Å². The van der Waals surface area contributed by atoms with Gasteiger partial charge in [-0.15, -0.1) is 0 Å². The number of H-pyrrole nitrogens is 1. The molecule has 2 aromatic carbocycles. The molecular formula is C25H27N3O5S. The molecule has 0 saturated carbocycles. The first-order valence-electron chi connectivity index (χ1n) is 11.3. The van der Waals surface area contributed by atoms with Crippen molar-refractivity contribution in [1.82, 2.24) is 15.1 Å². The number of carbonyl (C=O) groups excluding carboxylic acids is 1. The highest BCUT2D eigenvalue weighted by Crippen LogP contribution is 2.47. The Labute approximate surface area is 198 Å². The molecule has 34 heavy (non-hydrogen) atoms. The van der Waals surface area contributed by atoms with Gasteiger partial charge >= 0.3 is 0 Å². The summed E-state index contributed by atoms with van der Waals surface area (Å²) >= 11 is 0. The highest BCUT2D eigenvalue weighted by atomic mass is 32.2. The second kappa shape index (κ2) is 8.16. The second-order valence-electron chi connectivity index (χ2n) is 9.02. The number of nitrogens with one attached hydrogen (secondary N) is 1. The summed E-state index contributed by atoms with van der Waals surface area (Å²) in [4.78, 5) is 15.3. The first kappa shape index (κ1) is 22.5. The molecule has 1 aromatic heterocycles. The number of phenols is 1. The van der Waals surface area contributed by atoms with Crippen molar-refractivity contribution < 1.29 is 23.1 Å². The van der Waals surface area contributed by atoms with Gasteiger partial charge in [-0.25, -0.2) is 8.42 Å². The van der Waals surface area contributed by atoms with Crippen LogP contribution in [-0.4, -0.2) is 58.7 Å². The lowest BCUT2D eigenvalue weighted by Gasteiger charge is -2.31. The van der Waals surface area contributed by atoms with Gasteiger partial charge in [-0.1, -0.05) is 18.2 Å². The number of amides is 1. The number of benzene rings is 2. The predicted molar refractivity (Wildman–Crippen MR) is 128 cm³/mol. The van der Waals surface area contributed by atoms with Crippen molar-refractivity contribution in [3.05, 3.63) is 64.3 Å². The van der Waals surface area contributed by atoms with E-state index in [9.17, 15) is 18.3 Å². The molecule has 2 N–H and O–H groups in total. The summed E-state index contributed by atoms with van der Waals surface area (Å²) in [5.41, 5.74) is 4.46. The third kappa shape index (κ3) is 3.64. The van der Waals surface area contributed by atoms with Crippen molar-refractivity contribution in [2.24, 2.45) is 0 Å². The van der Waals surface area contributed by atoms with Gasteiger partial charge in [0.15, 0.2) is 9.84 Å². The average molecular weight is 482 g/mol. The highest BCUT2D eigenvalue weighted by molar-refractivity contribution is 7.91. The number of hydrogen-bond donors (Lipinski definition) is 2. The number of aromatic hydroxyl groups is 1. The Hall–Kier alpha value is -3.33. The fourth-order valence-corrected chi connectivity index (χ4v) is 6.86. The smallest absolute Gasteiger partial charge is 0.273 e. The zero-order chi connectivity index (χ0) is 24.2. The van der Waals surface area contributed by atoms with Gasteiger partial charge in [-0.05, 0) is 62.1 Å². The molecule has 0 aliphatic carbocycles. The summed E-state index contributed by atoms with van der Waals surface area (Å²) in [7, 11) is -3.21. The van der Waals surface area contributed by atoms with E-state index in [1.165, 1.54) is 0 Å². The molecule has 5 rings (SSSR count). The molecule has 0 bridgehead atoms. The number of rotatable bonds is 5. The fraction of sp³-hybridized carbons (Fsp3) is 0.360. The van der Waals surface area contributed by atoms with Crippen LogP contribution < -0.4 is 4.74 Å². The van der Waals surface area contributed by atoms with Crippen LogP contribution in [0.4, 0.5) is 0 Å². The lowest BCUT2D eigenvalue weighted by Crippen LogP contribution is -2.40. The van der Waals surface area contributed by atoms with Crippen molar-refractivity contribution >= 4 is 15.7 Å². The van der Waals surface area contributed by atoms with E-state index in [1.807, 2.05) is 57.2 Å². The van der Waals surface area contributed by atoms with Crippen LogP contribution in [0.1, 0.15) is 52.1 Å². The zero-order valence-electron chi connectivity index (χ0n) is 19.3. The minimum absolute atomic E-state index is 0.0596. The minimum atomic E-state index is -3.21. The normalized spacial score (nSPS) is 21.1. The lowest BCUT2D eigenvalue weighted by atomic mass is 9.93. The number of ether oxygens (including phenoxy) is 1. The molecule has 0 spiro atoms. The number of sulfone groups is 1. The Morgan fingerprint density at radius 1 is 1.24 bits per heavy atom. The standard InChI is InChI=1S/C25H27N3O5S/c1-4-33-18-7-5-6-16(12-18)23-20-21(19-11-14(2)10-15(3)24(19)29)26-27-22(20)25(30)28(23)17-8-9-34(31,32)13-17/h5-7,10-12,17,23,29H,4,8-9,13H2,1-3H3,(H,26,27). The monoisotopic (exact) mass is 481 g/mol. The quantitative estimate of drug-likeness (QED) is 0.577. The van der Waals surface area contributed by atoms with Gasteiger partial charge in [0.25, 0.3) is 5.91 Å². The molecule has 1 amide bonds. The van der Waals surface area contributed by atoms with Gasteiger partial charge in [0.2, 0.25) is 0 Å². The Bertz CT molecular complexity index is 1400. The van der Waals surface area contributed by atoms with E-state index in [2.05, 4.69) is 10.2 Å². The van der Waals surface area contributed by atoms with Crippen molar-refractivity contribution in [2.45, 2.75) is 39.3 Å². The summed E-state index contributed by atoms with van der Waals surface area (Å²) in [6.07, 6.45) is 0.386. The molecule has 3 heterocycles. The largest absolute Gasteiger partial charge is 0.507 e. The number of phenolic OH excluding ortho intramolecular Hbond substituents is 1. The number of carbonyl (C=O) groups is 1. The minimum Gasteiger partial charge on any atom is -0.507 e. The molecule has 1 fully saturated rings. The number of aromatic amines is 1. The number of nitrogens with zero attached hydrogens (tertiary/aromatic N) is 2. The second-order valence-corrected chi connectivity index (χ2v) is 11.2. The Balaban J connectivity index is 1.71. The van der Waals surface area contributed by atoms with E-state index >= 15 is 0 Å². The summed E-state index contributed by atoms with van der Waals surface area (Å²) in [5, 5.41) is 18.2. The van der Waals surface area contributed by atoms with Gasteiger partial charge in [0.1, 0.15) is 22.9 Å². The summed E-state index contributed by atoms with van der Waals surface area (Å²) in [5.74, 6) is 0.480. The molecule has 2 aliphatic heterocycles. The fourth-order valence-electron chi connectivity index (χ4n) is 5.15. The highest BCUT2D eigenvalue weighted by Gasteiger charge is 2.48. The van der Waals surface area contributed by atoms with Crippen molar-refractivity contribution in [3.8, 4) is 22.8 Å². The average Bonchev–Trinajstić information content (AvgIpc) is 3.44. The Morgan fingerprint density at radius 3 is 2.74 bits per heavy atom. The molecule has 0 radical (unpaired) electrons. The molecule has 2 atom stereocenters. The molecule has 2 unspecified atom stereocenters. The summed E-state index contributed by atoms with van der Waals surface area (Å²) in [6, 6.07) is 10.2. The first-order chi connectivity index (χ1) is 16.2. The predicted octanol–water partition coefficient (Wildman–Crippen LogP) is 3.53. The maximum Gasteiger partial charge on any atom is 0.273 e. The van der Waals surface area contributed by atoms with Crippen LogP contribution in [0.5, 0.6) is 11.5 Å². The molecular weight excluding hydrogens is 454 g/mol. The molecule has 9 heteroatoms. The van der Waals surface area contributed by atoms with E-state index in [1.54, 1.807) is 4.90 Å². The molecule has 3 aromatic rings. The molecule has 2 aliphatic rings. The zero-order valence-corrected chi connectivity index (χ0v) is 20.1. The number of fused-ring (bicyclic) bond motifs is 1. The SMILES string of the molecule is CCOc1cccc(C2c3c(-c4cc(C)cc(C)c4O)n[nH]c3C(=O)N2C2CCS(=O)(=O)C2)c1. The van der Waals surface area contributed by atoms with Crippen molar-refractivity contribution in [2.75, 3.05) is 18.1 Å². The summed E-state index contributed by atoms with van der Waals surface area (Å²) < 4.78 is 30.3. The third-order valence-corrected chi connectivity index (χ3v) is 8.34. The van der Waals surface area contributed by atoms with Crippen LogP contribution in [0.25, 0.3) is 11.3 Å². The van der Waals surface area contributed by atoms with E-state index in [-0.39, 0.29) is 23.2 Å². The number of hydrogen-bond acceptors (Lipinski definition) is 6. The van der Waals surface area contributed by atoms with Crippen LogP contribution in [-0.2, 0) is 9.84 Å². The van der Waals surface area contributed by atoms with E-state index in [0.29, 0.717) is 46.9 Å². The van der Waals surface area contributed by atoms with Crippen LogP contribution in [0.2, 0.25) is 0 Å². The van der Waals surface area contributed by atoms with Crippen LogP contribution in [0.15, 0.2) is 36.4 Å². The molecule has 1 saturated heterocycles. The van der Waals surface area contributed by atoms with Crippen molar-refractivity contribution in [1.29, 1.82) is 0 Å². The van der Waals surface area contributed by atoms with Gasteiger partial charge in [-0.2, -0.15) is 5.10 Å². The maximum absolute atomic E-state index is 13.6. The first-order valence-corrected chi connectivity index (χ1v) is 13.2. The van der Waals surface area contributed by atoms with Crippen LogP contribution in [0.3, 0.4) is 0 Å². The van der Waals surface area contributed by atoms with E-state index < -0.39 is 21.9 Å². The summed E-state index contributed by atoms with van der Waals surface area (Å²) in [6.45, 7) is 6.15. The third-order valence-electron chi connectivity index (χ3n) is 6.59. The lowest BCUT2D eigenvalue weighted by molar-refractivity contribution is 0.0677.